The molecule has 1 atom stereocenters. The monoisotopic (exact) mass is 401 g/mol. The molecule has 0 N–H and O–H groups in total. The van der Waals surface area contributed by atoms with Gasteiger partial charge < -0.3 is 9.47 Å². The minimum atomic E-state index is -0.287. The second-order valence-corrected chi connectivity index (χ2v) is 7.47. The molecule has 0 radical (unpaired) electrons. The largest absolute Gasteiger partial charge is 0.495 e. The fourth-order valence-electron chi connectivity index (χ4n) is 2.86. The van der Waals surface area contributed by atoms with Crippen LogP contribution in [0.5, 0.6) is 5.75 Å². The summed E-state index contributed by atoms with van der Waals surface area (Å²) in [4.78, 5) is 11.9. The van der Waals surface area contributed by atoms with Gasteiger partial charge in [-0.05, 0) is 18.2 Å². The van der Waals surface area contributed by atoms with E-state index < -0.39 is 0 Å². The number of ether oxygens (including phenoxy) is 2. The third-order valence-electron chi connectivity index (χ3n) is 4.19. The van der Waals surface area contributed by atoms with Gasteiger partial charge in [-0.15, -0.1) is 10.2 Å². The Morgan fingerprint density at radius 2 is 2.04 bits per heavy atom. The van der Waals surface area contributed by atoms with Crippen LogP contribution in [-0.4, -0.2) is 39.7 Å². The summed E-state index contributed by atoms with van der Waals surface area (Å²) in [6.45, 7) is 0.435. The molecule has 1 aliphatic rings. The van der Waals surface area contributed by atoms with E-state index in [0.717, 1.165) is 11.3 Å². The molecule has 0 spiro atoms. The van der Waals surface area contributed by atoms with E-state index in [2.05, 4.69) is 10.2 Å². The van der Waals surface area contributed by atoms with Crippen LogP contribution in [-0.2, 0) is 9.53 Å². The first-order chi connectivity index (χ1) is 13.2. The molecular weight excluding hydrogens is 386 g/mol. The number of esters is 1. The normalized spacial score (nSPS) is 16.4. The Hall–Kier alpha value is -2.51. The zero-order valence-electron chi connectivity index (χ0n) is 14.5. The van der Waals surface area contributed by atoms with Crippen molar-refractivity contribution in [2.45, 2.75) is 16.8 Å². The van der Waals surface area contributed by atoms with Crippen LogP contribution in [0.25, 0.3) is 17.1 Å². The molecule has 8 heteroatoms. The molecule has 138 valence electrons. The van der Waals surface area contributed by atoms with Crippen molar-refractivity contribution in [3.05, 3.63) is 53.6 Å². The maximum absolute atomic E-state index is 11.9. The van der Waals surface area contributed by atoms with Crippen LogP contribution in [0.2, 0.25) is 5.02 Å². The van der Waals surface area contributed by atoms with Gasteiger partial charge in [-0.1, -0.05) is 53.7 Å². The summed E-state index contributed by atoms with van der Waals surface area (Å²) in [6, 6.07) is 15.2. The molecule has 0 bridgehead atoms. The zero-order valence-corrected chi connectivity index (χ0v) is 16.0. The summed E-state index contributed by atoms with van der Waals surface area (Å²) in [5.41, 5.74) is 1.70. The molecule has 2 heterocycles. The number of benzene rings is 2. The predicted molar refractivity (Wildman–Crippen MR) is 104 cm³/mol. The summed E-state index contributed by atoms with van der Waals surface area (Å²) in [6.07, 6.45) is 0.653. The number of carbonyl (C=O) groups is 1. The number of carbonyl (C=O) groups excluding carboxylic acids is 1. The SMILES string of the molecule is COc1ccc(-n2c(S[C@H]3CCOC3=O)nnc2-c2ccccc2)cc1Cl. The molecular formula is C19H16ClN3O3S. The lowest BCUT2D eigenvalue weighted by molar-refractivity contribution is -0.137. The minimum absolute atomic E-state index is 0.219. The summed E-state index contributed by atoms with van der Waals surface area (Å²) < 4.78 is 12.2. The van der Waals surface area contributed by atoms with Gasteiger partial charge in [0.15, 0.2) is 11.0 Å². The Balaban J connectivity index is 1.82. The van der Waals surface area contributed by atoms with Crippen molar-refractivity contribution in [1.82, 2.24) is 14.8 Å². The Morgan fingerprint density at radius 3 is 2.70 bits per heavy atom. The highest BCUT2D eigenvalue weighted by Gasteiger charge is 2.30. The number of hydrogen-bond donors (Lipinski definition) is 0. The third-order valence-corrected chi connectivity index (χ3v) is 5.68. The number of rotatable bonds is 5. The molecule has 0 unspecified atom stereocenters. The Morgan fingerprint density at radius 1 is 1.22 bits per heavy atom. The van der Waals surface area contributed by atoms with Gasteiger partial charge >= 0.3 is 5.97 Å². The molecule has 27 heavy (non-hydrogen) atoms. The number of thioether (sulfide) groups is 1. The van der Waals surface area contributed by atoms with Crippen LogP contribution < -0.4 is 4.74 Å². The van der Waals surface area contributed by atoms with Crippen molar-refractivity contribution in [3.63, 3.8) is 0 Å². The predicted octanol–water partition coefficient (Wildman–Crippen LogP) is 4.00. The second-order valence-electron chi connectivity index (χ2n) is 5.89. The standard InChI is InChI=1S/C19H16ClN3O3S/c1-25-15-8-7-13(11-14(15)20)23-17(12-5-3-2-4-6-12)21-22-19(23)27-16-9-10-26-18(16)24/h2-8,11,16H,9-10H2,1H3/t16-/m0/s1. The summed E-state index contributed by atoms with van der Waals surface area (Å²) >= 11 is 7.68. The van der Waals surface area contributed by atoms with E-state index in [0.29, 0.717) is 34.8 Å². The second kappa shape index (κ2) is 7.62. The first-order valence-electron chi connectivity index (χ1n) is 8.35. The average Bonchev–Trinajstić information content (AvgIpc) is 3.29. The molecule has 1 fully saturated rings. The van der Waals surface area contributed by atoms with Gasteiger partial charge in [-0.25, -0.2) is 0 Å². The fraction of sp³-hybridized carbons (Fsp3) is 0.211. The van der Waals surface area contributed by atoms with Crippen LogP contribution in [0, 0.1) is 0 Å². The molecule has 0 amide bonds. The maximum atomic E-state index is 11.9. The van der Waals surface area contributed by atoms with Crippen LogP contribution in [0.3, 0.4) is 0 Å². The smallest absolute Gasteiger partial charge is 0.319 e. The number of cyclic esters (lactones) is 1. The van der Waals surface area contributed by atoms with E-state index in [4.69, 9.17) is 21.1 Å². The van der Waals surface area contributed by atoms with E-state index in [1.807, 2.05) is 41.0 Å². The number of methoxy groups -OCH3 is 1. The van der Waals surface area contributed by atoms with Crippen molar-refractivity contribution in [2.24, 2.45) is 0 Å². The zero-order chi connectivity index (χ0) is 18.8. The highest BCUT2D eigenvalue weighted by molar-refractivity contribution is 8.00. The minimum Gasteiger partial charge on any atom is -0.495 e. The Bertz CT molecular complexity index is 978. The van der Waals surface area contributed by atoms with E-state index in [1.165, 1.54) is 11.8 Å². The quantitative estimate of drug-likeness (QED) is 0.602. The highest BCUT2D eigenvalue weighted by atomic mass is 35.5. The van der Waals surface area contributed by atoms with Crippen molar-refractivity contribution in [2.75, 3.05) is 13.7 Å². The van der Waals surface area contributed by atoms with Crippen LogP contribution >= 0.6 is 23.4 Å². The topological polar surface area (TPSA) is 66.2 Å². The average molecular weight is 402 g/mol. The summed E-state index contributed by atoms with van der Waals surface area (Å²) in [5, 5.41) is 9.51. The lowest BCUT2D eigenvalue weighted by Gasteiger charge is -2.13. The van der Waals surface area contributed by atoms with E-state index in [-0.39, 0.29) is 11.2 Å². The molecule has 0 saturated carbocycles. The number of nitrogens with zero attached hydrogens (tertiary/aromatic N) is 3. The van der Waals surface area contributed by atoms with Gasteiger partial charge in [0.1, 0.15) is 11.0 Å². The summed E-state index contributed by atoms with van der Waals surface area (Å²) in [5.74, 6) is 1.04. The van der Waals surface area contributed by atoms with Crippen LogP contribution in [0.4, 0.5) is 0 Å². The van der Waals surface area contributed by atoms with Crippen molar-refractivity contribution >= 4 is 29.3 Å². The van der Waals surface area contributed by atoms with E-state index in [9.17, 15) is 4.79 Å². The number of aromatic nitrogens is 3. The van der Waals surface area contributed by atoms with Gasteiger partial charge in [0.2, 0.25) is 0 Å². The summed E-state index contributed by atoms with van der Waals surface area (Å²) in [7, 11) is 1.57. The lowest BCUT2D eigenvalue weighted by atomic mass is 10.2. The lowest BCUT2D eigenvalue weighted by Crippen LogP contribution is -2.11. The van der Waals surface area contributed by atoms with E-state index >= 15 is 0 Å². The van der Waals surface area contributed by atoms with E-state index in [1.54, 1.807) is 19.2 Å². The van der Waals surface area contributed by atoms with Crippen LogP contribution in [0.15, 0.2) is 53.7 Å². The van der Waals surface area contributed by atoms with Gasteiger partial charge in [0.25, 0.3) is 0 Å². The number of hydrogen-bond acceptors (Lipinski definition) is 6. The first-order valence-corrected chi connectivity index (χ1v) is 9.61. The molecule has 1 aromatic heterocycles. The van der Waals surface area contributed by atoms with Gasteiger partial charge in [-0.2, -0.15) is 0 Å². The van der Waals surface area contributed by atoms with Crippen LogP contribution in [0.1, 0.15) is 6.42 Å². The van der Waals surface area contributed by atoms with Gasteiger partial charge in [0, 0.05) is 12.0 Å². The molecule has 2 aromatic carbocycles. The van der Waals surface area contributed by atoms with Crippen molar-refractivity contribution in [1.29, 1.82) is 0 Å². The molecule has 4 rings (SSSR count). The van der Waals surface area contributed by atoms with Gasteiger partial charge in [-0.3, -0.25) is 9.36 Å². The Kier molecular flexibility index (Phi) is 5.05. The molecule has 6 nitrogen and oxygen atoms in total. The maximum Gasteiger partial charge on any atom is 0.319 e. The Labute approximate surface area is 165 Å². The van der Waals surface area contributed by atoms with Crippen molar-refractivity contribution in [3.8, 4) is 22.8 Å². The molecule has 1 saturated heterocycles. The molecule has 0 aliphatic carbocycles. The fourth-order valence-corrected chi connectivity index (χ4v) is 4.13. The number of halogens is 1. The molecule has 1 aliphatic heterocycles. The highest BCUT2D eigenvalue weighted by Crippen LogP contribution is 2.35. The third kappa shape index (κ3) is 3.52. The first kappa shape index (κ1) is 17.9. The van der Waals surface area contributed by atoms with Gasteiger partial charge in [0.05, 0.1) is 24.4 Å². The van der Waals surface area contributed by atoms with Crippen molar-refractivity contribution < 1.29 is 14.3 Å². The molecule has 3 aromatic rings.